The molecule has 1 heterocycles. The van der Waals surface area contributed by atoms with Crippen LogP contribution in [0.4, 0.5) is 0 Å². The molecule has 2 rings (SSSR count). The van der Waals surface area contributed by atoms with E-state index in [-0.39, 0.29) is 11.8 Å². The van der Waals surface area contributed by atoms with Crippen molar-refractivity contribution in [3.8, 4) is 0 Å². The Morgan fingerprint density at radius 2 is 2.18 bits per heavy atom. The lowest BCUT2D eigenvalue weighted by Gasteiger charge is -2.06. The Morgan fingerprint density at radius 1 is 1.45 bits per heavy atom. The van der Waals surface area contributed by atoms with E-state index < -0.39 is 0 Å². The predicted octanol–water partition coefficient (Wildman–Crippen LogP) is -0.140. The van der Waals surface area contributed by atoms with Gasteiger partial charge < -0.3 is 11.1 Å². The van der Waals surface area contributed by atoms with Crippen LogP contribution >= 0.6 is 0 Å². The maximum Gasteiger partial charge on any atom is 0.221 e. The fourth-order valence-corrected chi connectivity index (χ4v) is 1.84. The van der Waals surface area contributed by atoms with E-state index in [1.165, 1.54) is 12.8 Å². The third-order valence-corrected chi connectivity index (χ3v) is 2.76. The van der Waals surface area contributed by atoms with E-state index in [1.54, 1.807) is 0 Å². The Hall–Kier alpha value is -0.570. The molecule has 2 fully saturated rings. The Bertz CT molecular complexity index is 177. The summed E-state index contributed by atoms with van der Waals surface area (Å²) < 4.78 is 0. The van der Waals surface area contributed by atoms with Crippen LogP contribution in [0.2, 0.25) is 0 Å². The number of rotatable bonds is 2. The molecule has 3 nitrogen and oxygen atoms in total. The van der Waals surface area contributed by atoms with Gasteiger partial charge in [-0.2, -0.15) is 0 Å². The number of hydrogen-bond donors (Lipinski definition) is 2. The molecule has 11 heavy (non-hydrogen) atoms. The molecule has 62 valence electrons. The van der Waals surface area contributed by atoms with Crippen molar-refractivity contribution in [1.82, 2.24) is 5.32 Å². The number of nitrogens with two attached hydrogens (primary N) is 1. The van der Waals surface area contributed by atoms with Crippen LogP contribution < -0.4 is 11.1 Å². The van der Waals surface area contributed by atoms with Crippen molar-refractivity contribution >= 4 is 5.91 Å². The summed E-state index contributed by atoms with van der Waals surface area (Å²) in [5.41, 5.74) is 5.20. The van der Waals surface area contributed by atoms with E-state index in [1.807, 2.05) is 0 Å². The quantitative estimate of drug-likeness (QED) is 0.581. The highest BCUT2D eigenvalue weighted by atomic mass is 16.1. The fraction of sp³-hybridized carbons (Fsp3) is 0.875. The van der Waals surface area contributed by atoms with E-state index in [9.17, 15) is 4.79 Å². The molecule has 1 aliphatic heterocycles. The van der Waals surface area contributed by atoms with Gasteiger partial charge in [0.2, 0.25) is 5.91 Å². The molecule has 3 N–H and O–H groups in total. The van der Waals surface area contributed by atoms with Gasteiger partial charge >= 0.3 is 0 Å². The van der Waals surface area contributed by atoms with Crippen molar-refractivity contribution in [3.05, 3.63) is 0 Å². The summed E-state index contributed by atoms with van der Waals surface area (Å²) >= 11 is 0. The van der Waals surface area contributed by atoms with Gasteiger partial charge in [-0.3, -0.25) is 4.79 Å². The van der Waals surface area contributed by atoms with Crippen molar-refractivity contribution in [2.45, 2.75) is 25.3 Å². The summed E-state index contributed by atoms with van der Waals surface area (Å²) in [5, 5.41) is 3.35. The van der Waals surface area contributed by atoms with Crippen molar-refractivity contribution < 1.29 is 4.79 Å². The topological polar surface area (TPSA) is 55.1 Å². The SMILES string of the molecule is NC(=O)C1CNC(C2CC2)C1. The molecule has 2 unspecified atom stereocenters. The van der Waals surface area contributed by atoms with Crippen molar-refractivity contribution in [2.24, 2.45) is 17.6 Å². The van der Waals surface area contributed by atoms with E-state index in [4.69, 9.17) is 5.73 Å². The minimum Gasteiger partial charge on any atom is -0.369 e. The standard InChI is InChI=1S/C8H14N2O/c9-8(11)6-3-7(10-4-6)5-1-2-5/h5-7,10H,1-4H2,(H2,9,11). The van der Waals surface area contributed by atoms with Gasteiger partial charge in [0.1, 0.15) is 0 Å². The van der Waals surface area contributed by atoms with Crippen LogP contribution in [0.15, 0.2) is 0 Å². The normalized spacial score (nSPS) is 37.5. The minimum absolute atomic E-state index is 0.0978. The fourth-order valence-electron chi connectivity index (χ4n) is 1.84. The monoisotopic (exact) mass is 154 g/mol. The lowest BCUT2D eigenvalue weighted by molar-refractivity contribution is -0.121. The second kappa shape index (κ2) is 2.48. The first-order chi connectivity index (χ1) is 5.27. The molecule has 1 saturated heterocycles. The van der Waals surface area contributed by atoms with E-state index >= 15 is 0 Å². The first-order valence-electron chi connectivity index (χ1n) is 4.30. The first-order valence-corrected chi connectivity index (χ1v) is 4.30. The first kappa shape index (κ1) is 7.10. The molecule has 2 aliphatic rings. The molecule has 0 bridgehead atoms. The summed E-state index contributed by atoms with van der Waals surface area (Å²) in [7, 11) is 0. The average Bonchev–Trinajstić information content (AvgIpc) is 2.68. The molecular formula is C8H14N2O. The maximum absolute atomic E-state index is 10.8. The molecule has 1 amide bonds. The Balaban J connectivity index is 1.87. The summed E-state index contributed by atoms with van der Waals surface area (Å²) in [6, 6.07) is 0.590. The molecule has 2 atom stereocenters. The van der Waals surface area contributed by atoms with Crippen LogP contribution in [0.3, 0.4) is 0 Å². The van der Waals surface area contributed by atoms with Crippen molar-refractivity contribution in [2.75, 3.05) is 6.54 Å². The molecule has 0 aromatic carbocycles. The zero-order valence-electron chi connectivity index (χ0n) is 6.55. The summed E-state index contributed by atoms with van der Waals surface area (Å²) in [5.74, 6) is 0.806. The molecule has 1 aliphatic carbocycles. The van der Waals surface area contributed by atoms with Gasteiger partial charge in [-0.1, -0.05) is 0 Å². The second-order valence-corrected chi connectivity index (χ2v) is 3.69. The highest BCUT2D eigenvalue weighted by molar-refractivity contribution is 5.77. The van der Waals surface area contributed by atoms with Crippen LogP contribution in [0.1, 0.15) is 19.3 Å². The summed E-state index contributed by atoms with van der Waals surface area (Å²) in [6.45, 7) is 0.802. The van der Waals surface area contributed by atoms with Gasteiger partial charge in [-0.05, 0) is 25.2 Å². The van der Waals surface area contributed by atoms with E-state index in [0.717, 1.165) is 18.9 Å². The second-order valence-electron chi connectivity index (χ2n) is 3.69. The van der Waals surface area contributed by atoms with E-state index in [2.05, 4.69) is 5.32 Å². The van der Waals surface area contributed by atoms with Crippen molar-refractivity contribution in [1.29, 1.82) is 0 Å². The van der Waals surface area contributed by atoms with Gasteiger partial charge in [0.15, 0.2) is 0 Å². The number of primary amides is 1. The lowest BCUT2D eigenvalue weighted by atomic mass is 10.0. The molecule has 3 heteroatoms. The van der Waals surface area contributed by atoms with Gasteiger partial charge in [0, 0.05) is 12.6 Å². The van der Waals surface area contributed by atoms with Crippen molar-refractivity contribution in [3.63, 3.8) is 0 Å². The average molecular weight is 154 g/mol. The van der Waals surface area contributed by atoms with Crippen LogP contribution in [0.25, 0.3) is 0 Å². The summed E-state index contributed by atoms with van der Waals surface area (Å²) in [4.78, 5) is 10.8. The van der Waals surface area contributed by atoms with Gasteiger partial charge in [-0.15, -0.1) is 0 Å². The minimum atomic E-state index is -0.138. The molecule has 0 spiro atoms. The molecular weight excluding hydrogens is 140 g/mol. The third kappa shape index (κ3) is 1.38. The molecule has 0 aromatic heterocycles. The lowest BCUT2D eigenvalue weighted by Crippen LogP contribution is -2.25. The number of carbonyl (C=O) groups is 1. The molecule has 0 aromatic rings. The number of hydrogen-bond acceptors (Lipinski definition) is 2. The third-order valence-electron chi connectivity index (χ3n) is 2.76. The zero-order chi connectivity index (χ0) is 7.84. The Morgan fingerprint density at radius 3 is 2.64 bits per heavy atom. The van der Waals surface area contributed by atoms with Gasteiger partial charge in [-0.25, -0.2) is 0 Å². The van der Waals surface area contributed by atoms with Crippen LogP contribution in [0.5, 0.6) is 0 Å². The maximum atomic E-state index is 10.8. The summed E-state index contributed by atoms with van der Waals surface area (Å²) in [6.07, 6.45) is 3.65. The van der Waals surface area contributed by atoms with E-state index in [0.29, 0.717) is 6.04 Å². The highest BCUT2D eigenvalue weighted by Crippen LogP contribution is 2.37. The molecule has 0 radical (unpaired) electrons. The van der Waals surface area contributed by atoms with Crippen LogP contribution in [-0.2, 0) is 4.79 Å². The van der Waals surface area contributed by atoms with Gasteiger partial charge in [0.25, 0.3) is 0 Å². The van der Waals surface area contributed by atoms with Crippen LogP contribution in [0, 0.1) is 11.8 Å². The Kier molecular flexibility index (Phi) is 1.60. The molecule has 1 saturated carbocycles. The largest absolute Gasteiger partial charge is 0.369 e. The smallest absolute Gasteiger partial charge is 0.221 e. The number of carbonyl (C=O) groups excluding carboxylic acids is 1. The number of nitrogens with one attached hydrogen (secondary N) is 1. The Labute approximate surface area is 66.3 Å². The predicted molar refractivity (Wildman–Crippen MR) is 41.8 cm³/mol. The van der Waals surface area contributed by atoms with Crippen LogP contribution in [-0.4, -0.2) is 18.5 Å². The van der Waals surface area contributed by atoms with Gasteiger partial charge in [0.05, 0.1) is 5.92 Å². The number of amides is 1. The highest BCUT2D eigenvalue weighted by Gasteiger charge is 2.37. The zero-order valence-corrected chi connectivity index (χ0v) is 6.55.